The topological polar surface area (TPSA) is 65.1 Å². The van der Waals surface area contributed by atoms with Gasteiger partial charge >= 0.3 is 0 Å². The molecule has 1 aliphatic rings. The van der Waals surface area contributed by atoms with Gasteiger partial charge < -0.3 is 4.42 Å². The summed E-state index contributed by atoms with van der Waals surface area (Å²) in [4.78, 5) is 31.9. The van der Waals surface area contributed by atoms with Crippen molar-refractivity contribution in [2.45, 2.75) is 13.8 Å². The maximum Gasteiger partial charge on any atom is 0.228 e. The van der Waals surface area contributed by atoms with Crippen molar-refractivity contribution < 1.29 is 14.0 Å². The number of Topliss-reactive ketones (excluding diaryl/α,β-unsaturated/α-hetero) is 2. The third kappa shape index (κ3) is 3.66. The first-order valence-corrected chi connectivity index (χ1v) is 13.0. The lowest BCUT2D eigenvalue weighted by atomic mass is 10.0. The lowest BCUT2D eigenvalue weighted by Crippen LogP contribution is -2.05. The summed E-state index contributed by atoms with van der Waals surface area (Å²) >= 11 is 6.07. The molecule has 39 heavy (non-hydrogen) atoms. The fourth-order valence-electron chi connectivity index (χ4n) is 5.40. The molecule has 0 fully saturated rings. The smallest absolute Gasteiger partial charge is 0.228 e. The minimum absolute atomic E-state index is 0.130. The highest BCUT2D eigenvalue weighted by molar-refractivity contribution is 6.42. The molecule has 2 heterocycles. The van der Waals surface area contributed by atoms with E-state index in [-0.39, 0.29) is 17.1 Å². The first-order valence-electron chi connectivity index (χ1n) is 12.6. The molecule has 0 N–H and O–H groups in total. The van der Waals surface area contributed by atoms with Crippen LogP contribution >= 0.6 is 11.6 Å². The van der Waals surface area contributed by atoms with Crippen LogP contribution < -0.4 is 0 Å². The molecule has 0 aliphatic heterocycles. The average molecular weight is 529 g/mol. The zero-order valence-corrected chi connectivity index (χ0v) is 21.9. The summed E-state index contributed by atoms with van der Waals surface area (Å²) in [6, 6.07) is 26.5. The van der Waals surface area contributed by atoms with E-state index in [1.54, 1.807) is 18.2 Å². The second-order valence-electron chi connectivity index (χ2n) is 9.82. The maximum absolute atomic E-state index is 13.5. The van der Waals surface area contributed by atoms with Gasteiger partial charge in [0, 0.05) is 27.8 Å². The molecule has 2 aromatic heterocycles. The maximum atomic E-state index is 13.5. The Bertz CT molecular complexity index is 1950. The molecular formula is C33H21ClN2O3. The standard InChI is InChI=1S/C33H21ClN2O3/c1-18-6-5-7-19(2)29(18)36-24(17-28-32(36)35-33(39-28)20-10-12-23(34)13-11-20)16-27-30(37)25-14-21-8-3-4-9-22(21)15-26(25)31(27)38/h3-17H,1-2H3. The van der Waals surface area contributed by atoms with Crippen LogP contribution in [0.15, 0.2) is 94.9 Å². The van der Waals surface area contributed by atoms with Gasteiger partial charge in [0.15, 0.2) is 22.8 Å². The van der Waals surface area contributed by atoms with E-state index in [0.29, 0.717) is 39.0 Å². The molecule has 0 saturated heterocycles. The van der Waals surface area contributed by atoms with Crippen LogP contribution in [0.5, 0.6) is 0 Å². The van der Waals surface area contributed by atoms with Crippen LogP contribution in [0.25, 0.3) is 45.2 Å². The fraction of sp³-hybridized carbons (Fsp3) is 0.0606. The number of nitrogens with zero attached hydrogens (tertiary/aromatic N) is 2. The molecule has 0 saturated carbocycles. The van der Waals surface area contributed by atoms with Crippen molar-refractivity contribution in [3.05, 3.63) is 123 Å². The van der Waals surface area contributed by atoms with Crippen molar-refractivity contribution in [3.63, 3.8) is 0 Å². The predicted molar refractivity (Wildman–Crippen MR) is 154 cm³/mol. The van der Waals surface area contributed by atoms with Gasteiger partial charge in [-0.25, -0.2) is 0 Å². The first-order chi connectivity index (χ1) is 18.9. The summed E-state index contributed by atoms with van der Waals surface area (Å²) in [5, 5.41) is 2.48. The van der Waals surface area contributed by atoms with Crippen LogP contribution in [0.3, 0.4) is 0 Å². The number of hydrogen-bond acceptors (Lipinski definition) is 4. The Morgan fingerprint density at radius 2 is 1.41 bits per heavy atom. The summed E-state index contributed by atoms with van der Waals surface area (Å²) in [5.41, 5.74) is 6.58. The third-order valence-corrected chi connectivity index (χ3v) is 7.55. The Hall–Kier alpha value is -4.74. The van der Waals surface area contributed by atoms with Crippen LogP contribution in [0.4, 0.5) is 0 Å². The third-order valence-electron chi connectivity index (χ3n) is 7.29. The van der Waals surface area contributed by atoms with E-state index < -0.39 is 0 Å². The molecule has 4 aromatic carbocycles. The second-order valence-corrected chi connectivity index (χ2v) is 10.3. The van der Waals surface area contributed by atoms with E-state index >= 15 is 0 Å². The van der Waals surface area contributed by atoms with E-state index in [9.17, 15) is 9.59 Å². The molecule has 6 aromatic rings. The molecular weight excluding hydrogens is 508 g/mol. The van der Waals surface area contributed by atoms with Gasteiger partial charge in [-0.2, -0.15) is 4.98 Å². The van der Waals surface area contributed by atoms with E-state index in [1.165, 1.54) is 0 Å². The number of hydrogen-bond donors (Lipinski definition) is 0. The van der Waals surface area contributed by atoms with Gasteiger partial charge in [-0.1, -0.05) is 54.1 Å². The highest BCUT2D eigenvalue weighted by Crippen LogP contribution is 2.36. The van der Waals surface area contributed by atoms with Gasteiger partial charge in [-0.15, -0.1) is 0 Å². The molecule has 0 unspecified atom stereocenters. The van der Waals surface area contributed by atoms with Crippen molar-refractivity contribution in [2.75, 3.05) is 0 Å². The van der Waals surface area contributed by atoms with E-state index in [1.807, 2.05) is 91.2 Å². The molecule has 188 valence electrons. The zero-order valence-electron chi connectivity index (χ0n) is 21.2. The molecule has 0 atom stereocenters. The van der Waals surface area contributed by atoms with E-state index in [4.69, 9.17) is 21.0 Å². The SMILES string of the molecule is Cc1cccc(C)c1-n1c(C=C2C(=O)c3cc4ccccc4cc3C2=O)cc2oc(-c3ccc(Cl)cc3)nc21. The van der Waals surface area contributed by atoms with Crippen molar-refractivity contribution in [3.8, 4) is 17.1 Å². The zero-order chi connectivity index (χ0) is 26.8. The highest BCUT2D eigenvalue weighted by Gasteiger charge is 2.34. The number of allylic oxidation sites excluding steroid dienone is 1. The fourth-order valence-corrected chi connectivity index (χ4v) is 5.53. The molecule has 1 aliphatic carbocycles. The molecule has 0 radical (unpaired) electrons. The molecule has 5 nitrogen and oxygen atoms in total. The number of oxazole rings is 1. The summed E-state index contributed by atoms with van der Waals surface area (Å²) in [7, 11) is 0. The summed E-state index contributed by atoms with van der Waals surface area (Å²) in [6.45, 7) is 4.05. The van der Waals surface area contributed by atoms with Crippen molar-refractivity contribution in [1.82, 2.24) is 9.55 Å². The lowest BCUT2D eigenvalue weighted by molar-refractivity contribution is 0.0990. The average Bonchev–Trinajstić information content (AvgIpc) is 3.55. The van der Waals surface area contributed by atoms with E-state index in [2.05, 4.69) is 0 Å². The van der Waals surface area contributed by atoms with E-state index in [0.717, 1.165) is 33.2 Å². The second kappa shape index (κ2) is 8.65. The van der Waals surface area contributed by atoms with Gasteiger partial charge in [0.05, 0.1) is 17.0 Å². The monoisotopic (exact) mass is 528 g/mol. The van der Waals surface area contributed by atoms with Crippen LogP contribution in [0.2, 0.25) is 5.02 Å². The van der Waals surface area contributed by atoms with Gasteiger partial charge in [-0.3, -0.25) is 14.2 Å². The number of carbonyl (C=O) groups is 2. The number of halogens is 1. The van der Waals surface area contributed by atoms with Crippen LogP contribution in [-0.2, 0) is 0 Å². The van der Waals surface area contributed by atoms with Crippen molar-refractivity contribution in [2.24, 2.45) is 0 Å². The number of fused-ring (bicyclic) bond motifs is 3. The van der Waals surface area contributed by atoms with Gasteiger partial charge in [0.2, 0.25) is 5.89 Å². The number of benzene rings is 4. The quantitative estimate of drug-likeness (QED) is 0.172. The number of rotatable bonds is 3. The minimum Gasteiger partial charge on any atom is -0.434 e. The van der Waals surface area contributed by atoms with Crippen molar-refractivity contribution in [1.29, 1.82) is 0 Å². The Balaban J connectivity index is 1.43. The molecule has 6 heteroatoms. The van der Waals surface area contributed by atoms with Crippen LogP contribution in [0, 0.1) is 13.8 Å². The number of aryl methyl sites for hydroxylation is 2. The Morgan fingerprint density at radius 3 is 2.03 bits per heavy atom. The summed E-state index contributed by atoms with van der Waals surface area (Å²) < 4.78 is 8.14. The molecule has 0 spiro atoms. The number of aromatic nitrogens is 2. The summed E-state index contributed by atoms with van der Waals surface area (Å²) in [5.74, 6) is -0.0918. The number of para-hydroxylation sites is 1. The van der Waals surface area contributed by atoms with Crippen molar-refractivity contribution >= 4 is 51.2 Å². The van der Waals surface area contributed by atoms with Gasteiger partial charge in [0.1, 0.15) is 0 Å². The summed E-state index contributed by atoms with van der Waals surface area (Å²) in [6.07, 6.45) is 1.67. The largest absolute Gasteiger partial charge is 0.434 e. The lowest BCUT2D eigenvalue weighted by Gasteiger charge is -2.14. The van der Waals surface area contributed by atoms with Gasteiger partial charge in [-0.05, 0) is 78.2 Å². The highest BCUT2D eigenvalue weighted by atomic mass is 35.5. The Kier molecular flexibility index (Phi) is 5.19. The predicted octanol–water partition coefficient (Wildman–Crippen LogP) is 8.17. The normalized spacial score (nSPS) is 13.1. The first kappa shape index (κ1) is 23.4. The Morgan fingerprint density at radius 1 is 0.795 bits per heavy atom. The Labute approximate surface area is 229 Å². The molecule has 7 rings (SSSR count). The van der Waals surface area contributed by atoms with Crippen LogP contribution in [-0.4, -0.2) is 21.1 Å². The van der Waals surface area contributed by atoms with Crippen LogP contribution in [0.1, 0.15) is 37.5 Å². The number of ketones is 2. The van der Waals surface area contributed by atoms with Gasteiger partial charge in [0.25, 0.3) is 0 Å². The number of carbonyl (C=O) groups excluding carboxylic acids is 2. The molecule has 0 bridgehead atoms. The molecule has 0 amide bonds. The minimum atomic E-state index is -0.276.